The number of benzene rings is 2. The first-order chi connectivity index (χ1) is 14.5. The van der Waals surface area contributed by atoms with E-state index in [0.717, 1.165) is 31.5 Å². The number of nitrogens with zero attached hydrogens (tertiary/aromatic N) is 1. The molecule has 1 fully saturated rings. The van der Waals surface area contributed by atoms with E-state index in [2.05, 4.69) is 21.8 Å². The highest BCUT2D eigenvalue weighted by Gasteiger charge is 2.24. The van der Waals surface area contributed by atoms with Crippen LogP contribution in [0.5, 0.6) is 5.75 Å². The van der Waals surface area contributed by atoms with E-state index in [9.17, 15) is 13.2 Å². The molecule has 3 rings (SSSR count). The van der Waals surface area contributed by atoms with Gasteiger partial charge in [0.25, 0.3) is 5.91 Å². The van der Waals surface area contributed by atoms with Gasteiger partial charge in [0.2, 0.25) is 10.0 Å². The molecule has 0 radical (unpaired) electrons. The van der Waals surface area contributed by atoms with Crippen LogP contribution in [0.1, 0.15) is 37.3 Å². The maximum atomic E-state index is 12.9. The number of sulfonamides is 1. The lowest BCUT2D eigenvalue weighted by Crippen LogP contribution is -2.38. The number of carbonyl (C=O) groups excluding carboxylic acids is 1. The predicted octanol–water partition coefficient (Wildman–Crippen LogP) is 2.45. The van der Waals surface area contributed by atoms with E-state index >= 15 is 0 Å². The van der Waals surface area contributed by atoms with Crippen LogP contribution in [-0.2, 0) is 14.8 Å². The Kier molecular flexibility index (Phi) is 7.84. The van der Waals surface area contributed by atoms with Gasteiger partial charge in [-0.3, -0.25) is 9.69 Å². The summed E-state index contributed by atoms with van der Waals surface area (Å²) in [5, 5.41) is 0. The van der Waals surface area contributed by atoms with Gasteiger partial charge in [0.1, 0.15) is 5.75 Å². The Morgan fingerprint density at radius 2 is 1.63 bits per heavy atom. The Hall–Kier alpha value is -2.42. The number of nitrogens with one attached hydrogen (secondary N) is 1. The highest BCUT2D eigenvalue weighted by molar-refractivity contribution is 7.89. The minimum atomic E-state index is -3.68. The standard InChI is InChI=1S/C22H29N3O4S/c23-22(26)17-29-19-10-12-20(13-11-19)30(27,28)24-16-21(18-8-4-3-5-9-18)25-14-6-1-2-7-15-25/h3-5,8-13,21,24H,1-2,6-7,14-17H2,(H2,23,26)/t21-/m1/s1. The third-order valence-corrected chi connectivity index (χ3v) is 6.69. The van der Waals surface area contributed by atoms with Gasteiger partial charge in [0.05, 0.1) is 4.90 Å². The van der Waals surface area contributed by atoms with Crippen molar-refractivity contribution in [3.8, 4) is 5.75 Å². The van der Waals surface area contributed by atoms with Gasteiger partial charge in [0, 0.05) is 12.6 Å². The molecular formula is C22H29N3O4S. The molecule has 1 saturated heterocycles. The van der Waals surface area contributed by atoms with E-state index < -0.39 is 15.9 Å². The number of ether oxygens (including phenoxy) is 1. The molecule has 30 heavy (non-hydrogen) atoms. The molecule has 3 N–H and O–H groups in total. The summed E-state index contributed by atoms with van der Waals surface area (Å²) in [5.41, 5.74) is 6.16. The maximum absolute atomic E-state index is 12.9. The second-order valence-corrected chi connectivity index (χ2v) is 9.22. The van der Waals surface area contributed by atoms with Crippen molar-refractivity contribution in [3.63, 3.8) is 0 Å². The lowest BCUT2D eigenvalue weighted by Gasteiger charge is -2.31. The second kappa shape index (κ2) is 10.6. The smallest absolute Gasteiger partial charge is 0.255 e. The number of nitrogens with two attached hydrogens (primary N) is 1. The van der Waals surface area contributed by atoms with Crippen LogP contribution in [0, 0.1) is 0 Å². The molecule has 162 valence electrons. The fourth-order valence-corrected chi connectivity index (χ4v) is 4.72. The highest BCUT2D eigenvalue weighted by atomic mass is 32.2. The molecular weight excluding hydrogens is 402 g/mol. The van der Waals surface area contributed by atoms with Crippen molar-refractivity contribution >= 4 is 15.9 Å². The average Bonchev–Trinajstić information content (AvgIpc) is 3.03. The van der Waals surface area contributed by atoms with Crippen LogP contribution in [0.3, 0.4) is 0 Å². The van der Waals surface area contributed by atoms with Gasteiger partial charge >= 0.3 is 0 Å². The lowest BCUT2D eigenvalue weighted by molar-refractivity contribution is -0.119. The van der Waals surface area contributed by atoms with Crippen LogP contribution in [0.2, 0.25) is 0 Å². The molecule has 1 heterocycles. The first-order valence-electron chi connectivity index (χ1n) is 10.3. The summed E-state index contributed by atoms with van der Waals surface area (Å²) < 4.78 is 33.7. The van der Waals surface area contributed by atoms with Gasteiger partial charge in [-0.05, 0) is 55.8 Å². The van der Waals surface area contributed by atoms with Crippen LogP contribution in [0.4, 0.5) is 0 Å². The van der Waals surface area contributed by atoms with Gasteiger partial charge in [-0.1, -0.05) is 43.2 Å². The molecule has 0 aromatic heterocycles. The molecule has 7 nitrogen and oxygen atoms in total. The van der Waals surface area contributed by atoms with Crippen LogP contribution in [0.15, 0.2) is 59.5 Å². The SMILES string of the molecule is NC(=O)COc1ccc(S(=O)(=O)NC[C@H](c2ccccc2)N2CCCCCC2)cc1. The topological polar surface area (TPSA) is 102 Å². The molecule has 1 atom stereocenters. The van der Waals surface area contributed by atoms with E-state index in [1.807, 2.05) is 18.2 Å². The normalized spacial score (nSPS) is 16.5. The van der Waals surface area contributed by atoms with E-state index in [1.54, 1.807) is 0 Å². The van der Waals surface area contributed by atoms with Crippen molar-refractivity contribution in [3.05, 3.63) is 60.2 Å². The maximum Gasteiger partial charge on any atom is 0.255 e. The van der Waals surface area contributed by atoms with E-state index in [0.29, 0.717) is 12.3 Å². The Morgan fingerprint density at radius 1 is 1.00 bits per heavy atom. The quantitative estimate of drug-likeness (QED) is 0.635. The molecule has 1 aliphatic heterocycles. The van der Waals surface area contributed by atoms with Crippen molar-refractivity contribution in [2.45, 2.75) is 36.6 Å². The van der Waals surface area contributed by atoms with Crippen LogP contribution in [0.25, 0.3) is 0 Å². The number of likely N-dealkylation sites (tertiary alicyclic amines) is 1. The van der Waals surface area contributed by atoms with Crippen molar-refractivity contribution in [2.24, 2.45) is 5.73 Å². The molecule has 0 spiro atoms. The van der Waals surface area contributed by atoms with Crippen LogP contribution in [-0.4, -0.2) is 45.5 Å². The molecule has 0 saturated carbocycles. The largest absolute Gasteiger partial charge is 0.484 e. The zero-order valence-electron chi connectivity index (χ0n) is 17.0. The third-order valence-electron chi connectivity index (χ3n) is 5.25. The van der Waals surface area contributed by atoms with Gasteiger partial charge in [-0.2, -0.15) is 0 Å². The van der Waals surface area contributed by atoms with E-state index in [1.165, 1.54) is 37.1 Å². The van der Waals surface area contributed by atoms with E-state index in [4.69, 9.17) is 10.5 Å². The molecule has 2 aromatic rings. The van der Waals surface area contributed by atoms with Crippen molar-refractivity contribution in [1.82, 2.24) is 9.62 Å². The number of primary amides is 1. The van der Waals surface area contributed by atoms with Gasteiger partial charge in [-0.15, -0.1) is 0 Å². The molecule has 0 aliphatic carbocycles. The van der Waals surface area contributed by atoms with Gasteiger partial charge < -0.3 is 10.5 Å². The fourth-order valence-electron chi connectivity index (χ4n) is 3.68. The molecule has 1 amide bonds. The molecule has 2 aromatic carbocycles. The fraction of sp³-hybridized carbons (Fsp3) is 0.409. The zero-order valence-corrected chi connectivity index (χ0v) is 17.8. The summed E-state index contributed by atoms with van der Waals surface area (Å²) in [5.74, 6) is -0.201. The number of amides is 1. The lowest BCUT2D eigenvalue weighted by atomic mass is 10.1. The summed E-state index contributed by atoms with van der Waals surface area (Å²) in [7, 11) is -3.68. The summed E-state index contributed by atoms with van der Waals surface area (Å²) in [4.78, 5) is 13.3. The first-order valence-corrected chi connectivity index (χ1v) is 11.7. The third kappa shape index (κ3) is 6.29. The number of carbonyl (C=O) groups is 1. The Bertz CT molecular complexity index is 909. The monoisotopic (exact) mass is 431 g/mol. The summed E-state index contributed by atoms with van der Waals surface area (Å²) >= 11 is 0. The predicted molar refractivity (Wildman–Crippen MR) is 116 cm³/mol. The number of hydrogen-bond acceptors (Lipinski definition) is 5. The van der Waals surface area contributed by atoms with Gasteiger partial charge in [-0.25, -0.2) is 13.1 Å². The molecule has 0 bridgehead atoms. The first kappa shape index (κ1) is 22.3. The highest BCUT2D eigenvalue weighted by Crippen LogP contribution is 2.24. The zero-order chi connectivity index (χ0) is 21.4. The number of hydrogen-bond donors (Lipinski definition) is 2. The summed E-state index contributed by atoms with van der Waals surface area (Å²) in [6.45, 7) is 1.98. The molecule has 0 unspecified atom stereocenters. The minimum Gasteiger partial charge on any atom is -0.484 e. The summed E-state index contributed by atoms with van der Waals surface area (Å²) in [6, 6.07) is 16.0. The molecule has 1 aliphatic rings. The minimum absolute atomic E-state index is 0.0164. The molecule has 8 heteroatoms. The van der Waals surface area contributed by atoms with Crippen LogP contribution < -0.4 is 15.2 Å². The van der Waals surface area contributed by atoms with Gasteiger partial charge in [0.15, 0.2) is 6.61 Å². The average molecular weight is 432 g/mol. The van der Waals surface area contributed by atoms with Crippen LogP contribution >= 0.6 is 0 Å². The van der Waals surface area contributed by atoms with Crippen molar-refractivity contribution in [2.75, 3.05) is 26.2 Å². The Balaban J connectivity index is 1.71. The second-order valence-electron chi connectivity index (χ2n) is 7.45. The van der Waals surface area contributed by atoms with E-state index in [-0.39, 0.29) is 17.5 Å². The summed E-state index contributed by atoms with van der Waals surface area (Å²) in [6.07, 6.45) is 4.69. The Morgan fingerprint density at radius 3 is 2.23 bits per heavy atom. The Labute approximate surface area is 178 Å². The number of rotatable bonds is 9. The van der Waals surface area contributed by atoms with Crippen molar-refractivity contribution < 1.29 is 17.9 Å². The van der Waals surface area contributed by atoms with Crippen molar-refractivity contribution in [1.29, 1.82) is 0 Å².